The second kappa shape index (κ2) is 11.0. The van der Waals surface area contributed by atoms with Crippen molar-refractivity contribution in [1.82, 2.24) is 39.3 Å². The van der Waals surface area contributed by atoms with Crippen LogP contribution in [0.25, 0.3) is 33.7 Å². The topological polar surface area (TPSA) is 116 Å². The van der Waals surface area contributed by atoms with E-state index >= 15 is 0 Å². The van der Waals surface area contributed by atoms with E-state index in [1.165, 1.54) is 4.57 Å². The fourth-order valence-corrected chi connectivity index (χ4v) is 5.15. The molecule has 0 spiro atoms. The Morgan fingerprint density at radius 2 is 1.45 bits per heavy atom. The Kier molecular flexibility index (Phi) is 7.51. The fourth-order valence-electron chi connectivity index (χ4n) is 5.15. The van der Waals surface area contributed by atoms with Crippen LogP contribution in [0.2, 0.25) is 0 Å². The van der Waals surface area contributed by atoms with Crippen molar-refractivity contribution >= 4 is 11.2 Å². The Morgan fingerprint density at radius 3 is 2.05 bits per heavy atom. The van der Waals surface area contributed by atoms with Gasteiger partial charge in [0.1, 0.15) is 5.82 Å². The van der Waals surface area contributed by atoms with E-state index in [4.69, 9.17) is 4.98 Å². The molecule has 2 aromatic carbocycles. The third-order valence-corrected chi connectivity index (χ3v) is 6.89. The summed E-state index contributed by atoms with van der Waals surface area (Å²) < 4.78 is 5.07. The first kappa shape index (κ1) is 27.2. The van der Waals surface area contributed by atoms with Crippen molar-refractivity contribution in [2.24, 2.45) is 11.8 Å². The first-order valence-electron chi connectivity index (χ1n) is 13.8. The maximum absolute atomic E-state index is 13.8. The number of aromatic amines is 1. The van der Waals surface area contributed by atoms with E-state index in [0.717, 1.165) is 28.1 Å². The molecule has 10 heteroatoms. The molecule has 40 heavy (non-hydrogen) atoms. The second-order valence-electron chi connectivity index (χ2n) is 11.5. The van der Waals surface area contributed by atoms with Crippen molar-refractivity contribution in [2.75, 3.05) is 0 Å². The standard InChI is InChI=1S/C30H36N8O2/c1-18(2)15-37-28-25(29(39)38(30(37)40)16-19(3)4)36(27(31-28)20(5)6)17-21-11-13-22(14-12-21)23-9-7-8-10-24(23)26-32-34-35-33-26/h7-14,18-20H,15-17H2,1-6H3,(H,32,33,34,35). The van der Waals surface area contributed by atoms with Gasteiger partial charge in [0.05, 0.1) is 0 Å². The molecule has 0 aliphatic heterocycles. The number of hydrogen-bond donors (Lipinski definition) is 1. The van der Waals surface area contributed by atoms with Gasteiger partial charge in [-0.3, -0.25) is 13.9 Å². The number of rotatable bonds is 9. The van der Waals surface area contributed by atoms with Crippen LogP contribution in [0.4, 0.5) is 0 Å². The maximum atomic E-state index is 13.8. The van der Waals surface area contributed by atoms with Crippen molar-refractivity contribution in [3.8, 4) is 22.5 Å². The van der Waals surface area contributed by atoms with E-state index in [1.807, 2.05) is 42.7 Å². The Labute approximate surface area is 232 Å². The van der Waals surface area contributed by atoms with Gasteiger partial charge in [-0.1, -0.05) is 90.1 Å². The van der Waals surface area contributed by atoms with E-state index in [-0.39, 0.29) is 29.0 Å². The largest absolute Gasteiger partial charge is 0.332 e. The molecule has 0 bridgehead atoms. The fraction of sp³-hybridized carbons (Fsp3) is 0.400. The van der Waals surface area contributed by atoms with Gasteiger partial charge in [0.25, 0.3) is 5.56 Å². The molecule has 208 valence electrons. The molecule has 0 unspecified atom stereocenters. The Bertz CT molecular complexity index is 1740. The average Bonchev–Trinajstić information content (AvgIpc) is 3.58. The van der Waals surface area contributed by atoms with Crippen LogP contribution >= 0.6 is 0 Å². The summed E-state index contributed by atoms with van der Waals surface area (Å²) in [6.45, 7) is 13.6. The van der Waals surface area contributed by atoms with Crippen molar-refractivity contribution in [3.05, 3.63) is 80.8 Å². The SMILES string of the molecule is CC(C)Cn1c(=O)c2c(nc(C(C)C)n2Cc2ccc(-c3ccccc3-c3nnn[nH]3)cc2)n(CC(C)C)c1=O. The first-order valence-corrected chi connectivity index (χ1v) is 13.8. The number of H-pyrrole nitrogens is 1. The van der Waals surface area contributed by atoms with Gasteiger partial charge in [-0.2, -0.15) is 0 Å². The molecule has 0 radical (unpaired) electrons. The van der Waals surface area contributed by atoms with Crippen LogP contribution in [0.15, 0.2) is 58.1 Å². The summed E-state index contributed by atoms with van der Waals surface area (Å²) in [6.07, 6.45) is 0. The van der Waals surface area contributed by atoms with E-state index in [9.17, 15) is 9.59 Å². The van der Waals surface area contributed by atoms with Crippen molar-refractivity contribution in [3.63, 3.8) is 0 Å². The molecule has 0 saturated heterocycles. The van der Waals surface area contributed by atoms with Gasteiger partial charge in [-0.15, -0.1) is 5.10 Å². The number of tetrazole rings is 1. The zero-order chi connectivity index (χ0) is 28.6. The smallest absolute Gasteiger partial charge is 0.317 e. The average molecular weight is 541 g/mol. The molecule has 5 rings (SSSR count). The van der Waals surface area contributed by atoms with Crippen LogP contribution in [0.5, 0.6) is 0 Å². The minimum Gasteiger partial charge on any atom is -0.317 e. The van der Waals surface area contributed by atoms with Crippen molar-refractivity contribution in [1.29, 1.82) is 0 Å². The second-order valence-corrected chi connectivity index (χ2v) is 11.5. The molecule has 5 aromatic rings. The van der Waals surface area contributed by atoms with Crippen LogP contribution in [-0.4, -0.2) is 39.3 Å². The quantitative estimate of drug-likeness (QED) is 0.290. The van der Waals surface area contributed by atoms with Gasteiger partial charge in [-0.25, -0.2) is 14.9 Å². The van der Waals surface area contributed by atoms with Crippen LogP contribution in [0.3, 0.4) is 0 Å². The van der Waals surface area contributed by atoms with Crippen LogP contribution < -0.4 is 11.2 Å². The molecule has 0 aliphatic carbocycles. The predicted molar refractivity (Wildman–Crippen MR) is 156 cm³/mol. The van der Waals surface area contributed by atoms with Gasteiger partial charge in [0, 0.05) is 31.1 Å². The van der Waals surface area contributed by atoms with Gasteiger partial charge in [0.2, 0.25) is 0 Å². The Hall–Kier alpha value is -4.34. The van der Waals surface area contributed by atoms with E-state index in [1.54, 1.807) is 4.57 Å². The number of benzene rings is 2. The zero-order valence-electron chi connectivity index (χ0n) is 23.9. The van der Waals surface area contributed by atoms with Gasteiger partial charge < -0.3 is 4.57 Å². The molecular weight excluding hydrogens is 504 g/mol. The summed E-state index contributed by atoms with van der Waals surface area (Å²) in [4.78, 5) is 32.2. The third kappa shape index (κ3) is 5.13. The molecular formula is C30H36N8O2. The summed E-state index contributed by atoms with van der Waals surface area (Å²) in [7, 11) is 0. The molecule has 0 aliphatic rings. The van der Waals surface area contributed by atoms with Crippen LogP contribution in [0.1, 0.15) is 58.8 Å². The lowest BCUT2D eigenvalue weighted by molar-refractivity contribution is 0.450. The number of nitrogens with zero attached hydrogens (tertiary/aromatic N) is 7. The van der Waals surface area contributed by atoms with Crippen molar-refractivity contribution < 1.29 is 0 Å². The lowest BCUT2D eigenvalue weighted by Gasteiger charge is -2.16. The molecule has 0 atom stereocenters. The monoisotopic (exact) mass is 540 g/mol. The molecule has 0 fully saturated rings. The first-order chi connectivity index (χ1) is 19.2. The maximum Gasteiger partial charge on any atom is 0.332 e. The predicted octanol–water partition coefficient (Wildman–Crippen LogP) is 4.69. The molecule has 3 heterocycles. The van der Waals surface area contributed by atoms with Crippen LogP contribution in [0, 0.1) is 11.8 Å². The minimum atomic E-state index is -0.287. The van der Waals surface area contributed by atoms with Crippen LogP contribution in [-0.2, 0) is 19.6 Å². The number of aromatic nitrogens is 8. The summed E-state index contributed by atoms with van der Waals surface area (Å²) in [6, 6.07) is 16.2. The number of fused-ring (bicyclic) bond motifs is 1. The Balaban J connectivity index is 1.62. The summed E-state index contributed by atoms with van der Waals surface area (Å²) >= 11 is 0. The minimum absolute atomic E-state index is 0.0645. The number of imidazole rings is 1. The molecule has 3 aromatic heterocycles. The van der Waals surface area contributed by atoms with E-state index < -0.39 is 0 Å². The zero-order valence-corrected chi connectivity index (χ0v) is 23.9. The molecule has 0 saturated carbocycles. The van der Waals surface area contributed by atoms with Gasteiger partial charge in [-0.05, 0) is 39.0 Å². The Morgan fingerprint density at radius 1 is 0.800 bits per heavy atom. The van der Waals surface area contributed by atoms with E-state index in [0.29, 0.717) is 36.6 Å². The highest BCUT2D eigenvalue weighted by atomic mass is 16.2. The van der Waals surface area contributed by atoms with Gasteiger partial charge >= 0.3 is 5.69 Å². The summed E-state index contributed by atoms with van der Waals surface area (Å²) in [5.41, 5.74) is 4.37. The highest BCUT2D eigenvalue weighted by molar-refractivity contribution is 5.80. The lowest BCUT2D eigenvalue weighted by atomic mass is 9.98. The highest BCUT2D eigenvalue weighted by Crippen LogP contribution is 2.30. The highest BCUT2D eigenvalue weighted by Gasteiger charge is 2.24. The molecule has 1 N–H and O–H groups in total. The summed E-state index contributed by atoms with van der Waals surface area (Å²) in [5, 5.41) is 14.3. The molecule has 0 amide bonds. The normalized spacial score (nSPS) is 11.9. The van der Waals surface area contributed by atoms with Crippen molar-refractivity contribution in [2.45, 2.75) is 67.1 Å². The van der Waals surface area contributed by atoms with E-state index in [2.05, 4.69) is 72.6 Å². The molecule has 10 nitrogen and oxygen atoms in total. The number of hydrogen-bond acceptors (Lipinski definition) is 6. The lowest BCUT2D eigenvalue weighted by Crippen LogP contribution is -2.42. The van der Waals surface area contributed by atoms with Gasteiger partial charge in [0.15, 0.2) is 17.0 Å². The number of nitrogens with one attached hydrogen (secondary N) is 1. The third-order valence-electron chi connectivity index (χ3n) is 6.89. The summed E-state index contributed by atoms with van der Waals surface area (Å²) in [5.74, 6) is 1.84.